The number of aromatic carboxylic acids is 1. The molecule has 0 amide bonds. The van der Waals surface area contributed by atoms with E-state index in [1.165, 1.54) is 18.0 Å². The van der Waals surface area contributed by atoms with E-state index in [0.717, 1.165) is 5.82 Å². The van der Waals surface area contributed by atoms with Crippen molar-refractivity contribution in [3.63, 3.8) is 0 Å². The lowest BCUT2D eigenvalue weighted by molar-refractivity contribution is 0.0690. The smallest absolute Gasteiger partial charge is 0.354 e. The first kappa shape index (κ1) is 14.6. The minimum Gasteiger partial charge on any atom is -0.477 e. The molecule has 0 bridgehead atoms. The summed E-state index contributed by atoms with van der Waals surface area (Å²) in [5.74, 6) is -0.308. The standard InChI is InChI=1S/C17H14N4O2/c22-17(23)15-10-14(19-12-20-15)6-7-16-18-8-9-21(16)11-13-4-2-1-3-5-13/h1-10,12H,11H2,(H,22,23)/b7-6+. The quantitative estimate of drug-likeness (QED) is 0.783. The summed E-state index contributed by atoms with van der Waals surface area (Å²) in [4.78, 5) is 22.9. The van der Waals surface area contributed by atoms with Gasteiger partial charge < -0.3 is 9.67 Å². The fourth-order valence-electron chi connectivity index (χ4n) is 2.13. The van der Waals surface area contributed by atoms with Crippen LogP contribution in [0.1, 0.15) is 27.6 Å². The molecule has 1 N–H and O–H groups in total. The van der Waals surface area contributed by atoms with Crippen LogP contribution in [0.2, 0.25) is 0 Å². The Hall–Kier alpha value is -3.28. The van der Waals surface area contributed by atoms with E-state index in [0.29, 0.717) is 12.2 Å². The molecule has 2 aromatic heterocycles. The number of nitrogens with zero attached hydrogens (tertiary/aromatic N) is 4. The number of hydrogen-bond acceptors (Lipinski definition) is 4. The molecule has 0 radical (unpaired) electrons. The number of carbonyl (C=O) groups is 1. The van der Waals surface area contributed by atoms with Crippen LogP contribution in [0.4, 0.5) is 0 Å². The first-order valence-electron chi connectivity index (χ1n) is 7.01. The second-order valence-corrected chi connectivity index (χ2v) is 4.87. The average Bonchev–Trinajstić information content (AvgIpc) is 3.01. The van der Waals surface area contributed by atoms with Crippen LogP contribution in [-0.2, 0) is 6.54 Å². The van der Waals surface area contributed by atoms with Gasteiger partial charge in [0, 0.05) is 18.9 Å². The number of carboxylic acid groups (broad SMARTS) is 1. The minimum absolute atomic E-state index is 0.0349. The summed E-state index contributed by atoms with van der Waals surface area (Å²) in [7, 11) is 0. The van der Waals surface area contributed by atoms with Crippen molar-refractivity contribution in [2.45, 2.75) is 6.54 Å². The van der Waals surface area contributed by atoms with E-state index in [1.54, 1.807) is 18.3 Å². The fraction of sp³-hybridized carbons (Fsp3) is 0.0588. The Kier molecular flexibility index (Phi) is 4.24. The largest absolute Gasteiger partial charge is 0.477 e. The van der Waals surface area contributed by atoms with Crippen molar-refractivity contribution in [3.8, 4) is 0 Å². The maximum atomic E-state index is 10.9. The summed E-state index contributed by atoms with van der Waals surface area (Å²) in [5.41, 5.74) is 1.66. The third-order valence-corrected chi connectivity index (χ3v) is 3.25. The van der Waals surface area contributed by atoms with Crippen molar-refractivity contribution in [1.29, 1.82) is 0 Å². The molecular formula is C17H14N4O2. The monoisotopic (exact) mass is 306 g/mol. The average molecular weight is 306 g/mol. The summed E-state index contributed by atoms with van der Waals surface area (Å²) in [6.45, 7) is 0.713. The van der Waals surface area contributed by atoms with Crippen molar-refractivity contribution in [3.05, 3.63) is 77.9 Å². The van der Waals surface area contributed by atoms with Gasteiger partial charge in [-0.3, -0.25) is 0 Å². The first-order valence-corrected chi connectivity index (χ1v) is 7.01. The second kappa shape index (κ2) is 6.65. The van der Waals surface area contributed by atoms with Crippen LogP contribution in [0, 0.1) is 0 Å². The van der Waals surface area contributed by atoms with Crippen molar-refractivity contribution in [1.82, 2.24) is 19.5 Å². The summed E-state index contributed by atoms with van der Waals surface area (Å²) in [5, 5.41) is 8.94. The topological polar surface area (TPSA) is 80.9 Å². The van der Waals surface area contributed by atoms with Crippen LogP contribution in [0.25, 0.3) is 12.2 Å². The Labute approximate surface area is 132 Å². The van der Waals surface area contributed by atoms with Gasteiger partial charge in [0.25, 0.3) is 0 Å². The zero-order valence-electron chi connectivity index (χ0n) is 12.2. The molecule has 0 saturated carbocycles. The summed E-state index contributed by atoms with van der Waals surface area (Å²) in [6.07, 6.45) is 8.38. The molecule has 0 saturated heterocycles. The highest BCUT2D eigenvalue weighted by Gasteiger charge is 2.05. The normalized spacial score (nSPS) is 11.0. The molecule has 0 unspecified atom stereocenters. The molecule has 3 rings (SSSR count). The molecule has 6 heteroatoms. The van der Waals surface area contributed by atoms with Crippen LogP contribution < -0.4 is 0 Å². The predicted molar refractivity (Wildman–Crippen MR) is 85.7 cm³/mol. The highest BCUT2D eigenvalue weighted by Crippen LogP contribution is 2.09. The molecule has 0 atom stereocenters. The maximum Gasteiger partial charge on any atom is 0.354 e. The van der Waals surface area contributed by atoms with E-state index >= 15 is 0 Å². The summed E-state index contributed by atoms with van der Waals surface area (Å²) in [6, 6.07) is 11.5. The first-order chi connectivity index (χ1) is 11.2. The Morgan fingerprint density at radius 2 is 1.96 bits per heavy atom. The van der Waals surface area contributed by atoms with Crippen LogP contribution in [-0.4, -0.2) is 30.6 Å². The molecular weight excluding hydrogens is 292 g/mol. The third-order valence-electron chi connectivity index (χ3n) is 3.25. The van der Waals surface area contributed by atoms with E-state index in [1.807, 2.05) is 29.0 Å². The van der Waals surface area contributed by atoms with Crippen LogP contribution in [0.15, 0.2) is 55.1 Å². The zero-order valence-corrected chi connectivity index (χ0v) is 12.2. The Bertz CT molecular complexity index is 841. The zero-order chi connectivity index (χ0) is 16.1. The second-order valence-electron chi connectivity index (χ2n) is 4.87. The lowest BCUT2D eigenvalue weighted by atomic mass is 10.2. The van der Waals surface area contributed by atoms with Gasteiger partial charge in [0.2, 0.25) is 0 Å². The summed E-state index contributed by atoms with van der Waals surface area (Å²) >= 11 is 0. The maximum absolute atomic E-state index is 10.9. The molecule has 3 aromatic rings. The van der Waals surface area contributed by atoms with E-state index in [2.05, 4.69) is 27.1 Å². The molecule has 6 nitrogen and oxygen atoms in total. The van der Waals surface area contributed by atoms with Gasteiger partial charge in [0.05, 0.1) is 5.69 Å². The number of aromatic nitrogens is 4. The highest BCUT2D eigenvalue weighted by atomic mass is 16.4. The molecule has 0 aliphatic rings. The number of hydrogen-bond donors (Lipinski definition) is 1. The number of rotatable bonds is 5. The Morgan fingerprint density at radius 3 is 2.74 bits per heavy atom. The van der Waals surface area contributed by atoms with E-state index in [9.17, 15) is 4.79 Å². The highest BCUT2D eigenvalue weighted by molar-refractivity contribution is 5.86. The Balaban J connectivity index is 1.80. The van der Waals surface area contributed by atoms with Crippen molar-refractivity contribution in [2.24, 2.45) is 0 Å². The van der Waals surface area contributed by atoms with Gasteiger partial charge in [0.15, 0.2) is 5.69 Å². The molecule has 1 aromatic carbocycles. The van der Waals surface area contributed by atoms with E-state index < -0.39 is 5.97 Å². The minimum atomic E-state index is -1.08. The molecule has 0 aliphatic heterocycles. The van der Waals surface area contributed by atoms with Gasteiger partial charge in [-0.1, -0.05) is 30.3 Å². The van der Waals surface area contributed by atoms with Crippen LogP contribution >= 0.6 is 0 Å². The SMILES string of the molecule is O=C(O)c1cc(/C=C/c2nccn2Cc2ccccc2)ncn1. The summed E-state index contributed by atoms with van der Waals surface area (Å²) < 4.78 is 2.01. The van der Waals surface area contributed by atoms with Gasteiger partial charge in [-0.05, 0) is 23.8 Å². The van der Waals surface area contributed by atoms with Crippen molar-refractivity contribution >= 4 is 18.1 Å². The van der Waals surface area contributed by atoms with Gasteiger partial charge >= 0.3 is 5.97 Å². The van der Waals surface area contributed by atoms with Gasteiger partial charge in [0.1, 0.15) is 12.2 Å². The van der Waals surface area contributed by atoms with Gasteiger partial charge in [-0.15, -0.1) is 0 Å². The number of carboxylic acids is 1. The van der Waals surface area contributed by atoms with Crippen LogP contribution in [0.3, 0.4) is 0 Å². The molecule has 23 heavy (non-hydrogen) atoms. The van der Waals surface area contributed by atoms with E-state index in [4.69, 9.17) is 5.11 Å². The molecule has 2 heterocycles. The predicted octanol–water partition coefficient (Wildman–Crippen LogP) is 2.59. The van der Waals surface area contributed by atoms with Crippen molar-refractivity contribution in [2.75, 3.05) is 0 Å². The van der Waals surface area contributed by atoms with Crippen molar-refractivity contribution < 1.29 is 9.90 Å². The lowest BCUT2D eigenvalue weighted by Gasteiger charge is -2.05. The van der Waals surface area contributed by atoms with E-state index in [-0.39, 0.29) is 5.69 Å². The fourth-order valence-corrected chi connectivity index (χ4v) is 2.13. The lowest BCUT2D eigenvalue weighted by Crippen LogP contribution is -2.02. The van der Waals surface area contributed by atoms with Crippen LogP contribution in [0.5, 0.6) is 0 Å². The molecule has 0 aliphatic carbocycles. The molecule has 0 fully saturated rings. The van der Waals surface area contributed by atoms with Gasteiger partial charge in [-0.25, -0.2) is 19.7 Å². The Morgan fingerprint density at radius 1 is 1.13 bits per heavy atom. The number of benzene rings is 1. The van der Waals surface area contributed by atoms with Gasteiger partial charge in [-0.2, -0.15) is 0 Å². The third kappa shape index (κ3) is 3.68. The molecule has 114 valence electrons. The molecule has 0 spiro atoms. The number of imidazole rings is 1.